The van der Waals surface area contributed by atoms with Crippen molar-refractivity contribution in [1.29, 1.82) is 0 Å². The van der Waals surface area contributed by atoms with Gasteiger partial charge in [-0.3, -0.25) is 34.1 Å². The van der Waals surface area contributed by atoms with Gasteiger partial charge in [0.1, 0.15) is 23.1 Å². The molecule has 3 saturated heterocycles. The number of halogens is 2. The van der Waals surface area contributed by atoms with E-state index in [2.05, 4.69) is 42.1 Å². The molecule has 5 fully saturated rings. The van der Waals surface area contributed by atoms with E-state index < -0.39 is 42.3 Å². The summed E-state index contributed by atoms with van der Waals surface area (Å²) in [6.07, 6.45) is 6.67. The van der Waals surface area contributed by atoms with Crippen LogP contribution in [0.1, 0.15) is 128 Å². The van der Waals surface area contributed by atoms with Crippen molar-refractivity contribution in [3.63, 3.8) is 0 Å². The second-order valence-electron chi connectivity index (χ2n) is 19.0. The molecule has 7 heterocycles. The molecule has 10 rings (SSSR count). The Hall–Kier alpha value is -5.11. The van der Waals surface area contributed by atoms with Crippen molar-refractivity contribution < 1.29 is 37.8 Å². The Morgan fingerprint density at radius 2 is 1.77 bits per heavy atom. The first-order chi connectivity index (χ1) is 31.5. The maximum atomic E-state index is 14.4. The van der Waals surface area contributed by atoms with E-state index in [1.54, 1.807) is 29.1 Å². The van der Waals surface area contributed by atoms with E-state index in [4.69, 9.17) is 9.72 Å². The number of hydrogen-bond donors (Lipinski definition) is 4. The number of pyridine rings is 1. The summed E-state index contributed by atoms with van der Waals surface area (Å²) in [4.78, 5) is 61.7. The fraction of sp³-hybridized carbons (Fsp3) is 0.587. The van der Waals surface area contributed by atoms with Crippen molar-refractivity contribution in [3.05, 3.63) is 59.0 Å². The fourth-order valence-electron chi connectivity index (χ4n) is 11.4. The SMILES string of the molecule is CCC1COCCN1c1ccc2snc(C(O)Nc3cn(C4CCC(CN5CCC6(CC5)CC(CNc5cccc7c5C(=O)N(C5CCC(=O)NC5=O)C7=O)C6)CC4)nc3C(F)F)c2n1. The van der Waals surface area contributed by atoms with Crippen molar-refractivity contribution in [2.75, 3.05) is 61.5 Å². The third kappa shape index (κ3) is 8.48. The summed E-state index contributed by atoms with van der Waals surface area (Å²) in [6, 6.07) is 8.26. The van der Waals surface area contributed by atoms with E-state index in [-0.39, 0.29) is 41.9 Å². The molecule has 2 saturated carbocycles. The van der Waals surface area contributed by atoms with Gasteiger partial charge in [0.05, 0.1) is 46.8 Å². The summed E-state index contributed by atoms with van der Waals surface area (Å²) in [7, 11) is 0. The van der Waals surface area contributed by atoms with Gasteiger partial charge in [-0.2, -0.15) is 9.47 Å². The number of nitrogens with one attached hydrogen (secondary N) is 3. The number of fused-ring (bicyclic) bond motifs is 2. The van der Waals surface area contributed by atoms with Crippen LogP contribution < -0.4 is 20.9 Å². The highest BCUT2D eigenvalue weighted by Crippen LogP contribution is 2.53. The number of piperidine rings is 2. The Bertz CT molecular complexity index is 2460. The molecule has 0 bridgehead atoms. The van der Waals surface area contributed by atoms with E-state index in [1.165, 1.54) is 11.5 Å². The number of carbonyl (C=O) groups is 4. The number of imide groups is 2. The lowest BCUT2D eigenvalue weighted by molar-refractivity contribution is -0.136. The molecule has 346 valence electrons. The number of benzene rings is 1. The van der Waals surface area contributed by atoms with Crippen LogP contribution in [0.2, 0.25) is 0 Å². The van der Waals surface area contributed by atoms with Crippen LogP contribution in [-0.2, 0) is 14.3 Å². The number of likely N-dealkylation sites (tertiary alicyclic amines) is 1. The van der Waals surface area contributed by atoms with Crippen LogP contribution in [0.5, 0.6) is 0 Å². The topological polar surface area (TPSA) is 187 Å². The zero-order valence-corrected chi connectivity index (χ0v) is 37.3. The van der Waals surface area contributed by atoms with E-state index in [9.17, 15) is 33.1 Å². The molecule has 65 heavy (non-hydrogen) atoms. The number of rotatable bonds is 13. The number of carbonyl (C=O) groups excluding carboxylic acids is 4. The van der Waals surface area contributed by atoms with Gasteiger partial charge in [0.15, 0.2) is 11.9 Å². The largest absolute Gasteiger partial charge is 0.384 e. The van der Waals surface area contributed by atoms with Gasteiger partial charge in [0.25, 0.3) is 18.2 Å². The number of morpholine rings is 1. The molecule has 3 unspecified atom stereocenters. The number of anilines is 3. The number of alkyl halides is 2. The molecule has 3 aromatic heterocycles. The highest BCUT2D eigenvalue weighted by Gasteiger charge is 2.48. The molecule has 1 aromatic carbocycles. The van der Waals surface area contributed by atoms with E-state index >= 15 is 0 Å². The van der Waals surface area contributed by atoms with Gasteiger partial charge in [-0.25, -0.2) is 13.8 Å². The maximum absolute atomic E-state index is 14.4. The van der Waals surface area contributed by atoms with Gasteiger partial charge < -0.3 is 30.3 Å². The Balaban J connectivity index is 0.688. The predicted molar refractivity (Wildman–Crippen MR) is 239 cm³/mol. The monoisotopic (exact) mass is 914 g/mol. The third-order valence-electron chi connectivity index (χ3n) is 15.0. The lowest BCUT2D eigenvalue weighted by Crippen LogP contribution is -2.54. The Morgan fingerprint density at radius 1 is 0.969 bits per heavy atom. The highest BCUT2D eigenvalue weighted by atomic mass is 32.1. The first kappa shape index (κ1) is 43.8. The van der Waals surface area contributed by atoms with Crippen LogP contribution in [0.4, 0.5) is 26.0 Å². The minimum absolute atomic E-state index is 0.00854. The van der Waals surface area contributed by atoms with E-state index in [0.29, 0.717) is 66.0 Å². The second-order valence-corrected chi connectivity index (χ2v) is 19.8. The summed E-state index contributed by atoms with van der Waals surface area (Å²) in [5, 5.41) is 24.3. The molecule has 0 radical (unpaired) electrons. The van der Waals surface area contributed by atoms with E-state index in [1.807, 2.05) is 12.1 Å². The molecular formula is C46H56F2N10O6S. The number of aliphatic hydroxyl groups is 1. The zero-order chi connectivity index (χ0) is 45.0. The molecule has 16 nitrogen and oxygen atoms in total. The minimum atomic E-state index is -2.82. The van der Waals surface area contributed by atoms with Crippen molar-refractivity contribution in [3.8, 4) is 0 Å². The molecular weight excluding hydrogens is 859 g/mol. The van der Waals surface area contributed by atoms with Gasteiger partial charge in [-0.15, -0.1) is 0 Å². The first-order valence-corrected chi connectivity index (χ1v) is 24.0. The predicted octanol–water partition coefficient (Wildman–Crippen LogP) is 6.28. The lowest BCUT2D eigenvalue weighted by atomic mass is 9.57. The summed E-state index contributed by atoms with van der Waals surface area (Å²) < 4.78 is 41.4. The van der Waals surface area contributed by atoms with Gasteiger partial charge in [0, 0.05) is 37.9 Å². The molecule has 3 atom stereocenters. The van der Waals surface area contributed by atoms with Gasteiger partial charge >= 0.3 is 0 Å². The number of aliphatic hydroxyl groups excluding tert-OH is 1. The van der Waals surface area contributed by atoms with Crippen LogP contribution in [0.25, 0.3) is 10.2 Å². The molecule has 4 N–H and O–H groups in total. The summed E-state index contributed by atoms with van der Waals surface area (Å²) in [6.45, 7) is 7.85. The van der Waals surface area contributed by atoms with Crippen molar-refractivity contribution >= 4 is 62.6 Å². The minimum Gasteiger partial charge on any atom is -0.384 e. The summed E-state index contributed by atoms with van der Waals surface area (Å²) in [5.74, 6) is -0.278. The first-order valence-electron chi connectivity index (χ1n) is 23.2. The Labute approximate surface area is 379 Å². The quantitative estimate of drug-likeness (QED) is 0.0868. The van der Waals surface area contributed by atoms with Crippen LogP contribution >= 0.6 is 11.5 Å². The van der Waals surface area contributed by atoms with E-state index in [0.717, 1.165) is 92.8 Å². The van der Waals surface area contributed by atoms with Crippen LogP contribution in [-0.4, -0.2) is 116 Å². The van der Waals surface area contributed by atoms with Crippen LogP contribution in [0.15, 0.2) is 36.5 Å². The number of hydrogen-bond acceptors (Lipinski definition) is 14. The van der Waals surface area contributed by atoms with Crippen molar-refractivity contribution in [2.45, 2.75) is 108 Å². The maximum Gasteiger partial charge on any atom is 0.284 e. The molecule has 1 spiro atoms. The number of ether oxygens (including phenoxy) is 1. The number of amides is 4. The molecule has 6 aliphatic rings. The molecule has 19 heteroatoms. The van der Waals surface area contributed by atoms with Gasteiger partial charge in [-0.05, 0) is 130 Å². The van der Waals surface area contributed by atoms with Gasteiger partial charge in [0.2, 0.25) is 11.8 Å². The Morgan fingerprint density at radius 3 is 2.52 bits per heavy atom. The smallest absolute Gasteiger partial charge is 0.284 e. The number of aromatic nitrogens is 4. The molecule has 4 amide bonds. The fourth-order valence-corrected chi connectivity index (χ4v) is 12.1. The summed E-state index contributed by atoms with van der Waals surface area (Å²) >= 11 is 1.21. The highest BCUT2D eigenvalue weighted by molar-refractivity contribution is 7.13. The molecule has 4 aromatic rings. The van der Waals surface area contributed by atoms with Crippen LogP contribution in [0.3, 0.4) is 0 Å². The average Bonchev–Trinajstić information content (AvgIpc) is 4.00. The Kier molecular flexibility index (Phi) is 12.1. The second kappa shape index (κ2) is 17.9. The van der Waals surface area contributed by atoms with Crippen molar-refractivity contribution in [1.82, 2.24) is 34.3 Å². The number of nitrogens with zero attached hydrogens (tertiary/aromatic N) is 7. The standard InChI is InChI=1S/C46H56F2N10O6S/c1-2-28-25-64-19-18-56(28)35-12-11-34-39(51-35)40(54-65-34)43(61)50-32-24-57(53-38(32)41(47)48)29-8-6-26(7-9-29)23-55-16-14-46(15-17-55)20-27(21-46)22-49-31-5-3-4-30-37(31)45(63)58(44(30)62)33-10-13-36(59)52-42(33)60/h3-5,11-12,24,26-29,33,41,43,49-50,61H,2,6-10,13-23,25H2,1H3,(H,52,59,60). The average molecular weight is 915 g/mol. The zero-order valence-electron chi connectivity index (χ0n) is 36.5. The normalized spacial score (nSPS) is 25.6. The lowest BCUT2D eigenvalue weighted by Gasteiger charge is -2.53. The summed E-state index contributed by atoms with van der Waals surface area (Å²) in [5.41, 5.74) is 2.04. The van der Waals surface area contributed by atoms with Crippen molar-refractivity contribution in [2.24, 2.45) is 17.3 Å². The van der Waals surface area contributed by atoms with Crippen LogP contribution in [0, 0.1) is 17.3 Å². The molecule has 4 aliphatic heterocycles. The van der Waals surface area contributed by atoms with Gasteiger partial charge in [-0.1, -0.05) is 13.0 Å². The molecule has 2 aliphatic carbocycles. The third-order valence-corrected chi connectivity index (χ3v) is 15.8.